The van der Waals surface area contributed by atoms with E-state index in [0.717, 1.165) is 12.8 Å². The number of aromatic hydroxyl groups is 1. The first-order chi connectivity index (χ1) is 9.45. The second-order valence-electron chi connectivity index (χ2n) is 3.94. The van der Waals surface area contributed by atoms with Crippen LogP contribution in [0.3, 0.4) is 0 Å². The number of unbranched alkanes of at least 4 members (excludes halogenated alkanes) is 1. The molecule has 1 N–H and O–H groups in total. The van der Waals surface area contributed by atoms with Crippen molar-refractivity contribution in [2.45, 2.75) is 19.8 Å². The van der Waals surface area contributed by atoms with Crippen LogP contribution in [0.1, 0.15) is 30.1 Å². The fraction of sp³-hybridized carbons (Fsp3) is 0.385. The molecule has 0 fully saturated rings. The van der Waals surface area contributed by atoms with Gasteiger partial charge in [-0.15, -0.1) is 0 Å². The molecule has 0 heterocycles. The number of benzene rings is 1. The van der Waals surface area contributed by atoms with Crippen LogP contribution in [0.25, 0.3) is 0 Å². The number of rotatable bonds is 6. The lowest BCUT2D eigenvalue weighted by Gasteiger charge is -2.07. The first-order valence-electron chi connectivity index (χ1n) is 5.96. The Labute approximate surface area is 126 Å². The van der Waals surface area contributed by atoms with Gasteiger partial charge in [-0.1, -0.05) is 36.5 Å². The summed E-state index contributed by atoms with van der Waals surface area (Å²) >= 11 is 11.4. The number of ether oxygens (including phenoxy) is 2. The maximum absolute atomic E-state index is 11.7. The van der Waals surface area contributed by atoms with E-state index in [0.29, 0.717) is 6.61 Å². The van der Waals surface area contributed by atoms with Crippen molar-refractivity contribution in [1.29, 1.82) is 0 Å². The van der Waals surface area contributed by atoms with Gasteiger partial charge in [0, 0.05) is 0 Å². The van der Waals surface area contributed by atoms with Gasteiger partial charge in [-0.25, -0.2) is 9.59 Å². The van der Waals surface area contributed by atoms with Crippen molar-refractivity contribution < 1.29 is 24.2 Å². The van der Waals surface area contributed by atoms with Crippen LogP contribution in [0.5, 0.6) is 5.75 Å². The number of halogens is 2. The molecule has 110 valence electrons. The van der Waals surface area contributed by atoms with Crippen LogP contribution in [-0.2, 0) is 14.3 Å². The molecule has 0 unspecified atom stereocenters. The van der Waals surface area contributed by atoms with E-state index in [1.54, 1.807) is 0 Å². The van der Waals surface area contributed by atoms with Crippen LogP contribution in [0.15, 0.2) is 12.1 Å². The average molecular weight is 321 g/mol. The molecule has 0 aliphatic heterocycles. The fourth-order valence-electron chi connectivity index (χ4n) is 1.26. The molecule has 0 aliphatic rings. The molecule has 0 atom stereocenters. The molecule has 5 nitrogen and oxygen atoms in total. The molecule has 1 aromatic carbocycles. The number of carbonyl (C=O) groups is 2. The summed E-state index contributed by atoms with van der Waals surface area (Å²) in [7, 11) is 0. The molecule has 7 heteroatoms. The van der Waals surface area contributed by atoms with Crippen LogP contribution in [0.4, 0.5) is 0 Å². The second kappa shape index (κ2) is 7.97. The van der Waals surface area contributed by atoms with Crippen molar-refractivity contribution in [2.75, 3.05) is 13.2 Å². The zero-order chi connectivity index (χ0) is 15.1. The predicted molar refractivity (Wildman–Crippen MR) is 74.3 cm³/mol. The molecule has 0 amide bonds. The van der Waals surface area contributed by atoms with E-state index in [1.165, 1.54) is 12.1 Å². The van der Waals surface area contributed by atoms with Gasteiger partial charge >= 0.3 is 11.9 Å². The third-order valence-corrected chi connectivity index (χ3v) is 2.91. The molecule has 0 aliphatic carbocycles. The Morgan fingerprint density at radius 3 is 2.35 bits per heavy atom. The van der Waals surface area contributed by atoms with Gasteiger partial charge in [0.1, 0.15) is 0 Å². The van der Waals surface area contributed by atoms with Crippen LogP contribution >= 0.6 is 23.2 Å². The van der Waals surface area contributed by atoms with Gasteiger partial charge in [0.2, 0.25) is 0 Å². The zero-order valence-electron chi connectivity index (χ0n) is 10.8. The standard InChI is InChI=1S/C13H14Cl2O5/c1-2-3-4-19-11(16)7-20-13(18)8-5-9(14)12(17)10(15)6-8/h5-6,17H,2-4,7H2,1H3. The molecule has 1 aromatic rings. The molecule has 0 saturated heterocycles. The van der Waals surface area contributed by atoms with Crippen molar-refractivity contribution >= 4 is 35.1 Å². The van der Waals surface area contributed by atoms with Crippen LogP contribution < -0.4 is 0 Å². The Hall–Kier alpha value is -1.46. The molecular formula is C13H14Cl2O5. The SMILES string of the molecule is CCCCOC(=O)COC(=O)c1cc(Cl)c(O)c(Cl)c1. The number of hydrogen-bond donors (Lipinski definition) is 1. The number of esters is 2. The van der Waals surface area contributed by atoms with E-state index in [-0.39, 0.29) is 21.4 Å². The quantitative estimate of drug-likeness (QED) is 0.643. The summed E-state index contributed by atoms with van der Waals surface area (Å²) in [5.41, 5.74) is 0.0409. The van der Waals surface area contributed by atoms with Crippen molar-refractivity contribution in [3.05, 3.63) is 27.7 Å². The summed E-state index contributed by atoms with van der Waals surface area (Å²) in [5, 5.41) is 9.21. The molecule has 0 saturated carbocycles. The van der Waals surface area contributed by atoms with E-state index in [2.05, 4.69) is 0 Å². The maximum Gasteiger partial charge on any atom is 0.344 e. The summed E-state index contributed by atoms with van der Waals surface area (Å²) in [6.45, 7) is 1.77. The van der Waals surface area contributed by atoms with Crippen molar-refractivity contribution in [3.63, 3.8) is 0 Å². The molecule has 20 heavy (non-hydrogen) atoms. The normalized spacial score (nSPS) is 10.2. The van der Waals surface area contributed by atoms with Crippen molar-refractivity contribution in [1.82, 2.24) is 0 Å². The lowest BCUT2D eigenvalue weighted by Crippen LogP contribution is -2.17. The highest BCUT2D eigenvalue weighted by molar-refractivity contribution is 6.37. The summed E-state index contributed by atoms with van der Waals surface area (Å²) in [6.07, 6.45) is 1.65. The van der Waals surface area contributed by atoms with Gasteiger partial charge in [-0.05, 0) is 18.6 Å². The van der Waals surface area contributed by atoms with Gasteiger partial charge in [0.15, 0.2) is 12.4 Å². The average Bonchev–Trinajstić information content (AvgIpc) is 2.41. The van der Waals surface area contributed by atoms with E-state index >= 15 is 0 Å². The summed E-state index contributed by atoms with van der Waals surface area (Å²) in [5.74, 6) is -1.71. The number of hydrogen-bond acceptors (Lipinski definition) is 5. The third-order valence-electron chi connectivity index (χ3n) is 2.33. The minimum atomic E-state index is -0.777. The summed E-state index contributed by atoms with van der Waals surface area (Å²) in [6, 6.07) is 2.40. The van der Waals surface area contributed by atoms with Crippen molar-refractivity contribution in [2.24, 2.45) is 0 Å². The Morgan fingerprint density at radius 1 is 1.20 bits per heavy atom. The van der Waals surface area contributed by atoms with Crippen molar-refractivity contribution in [3.8, 4) is 5.75 Å². The second-order valence-corrected chi connectivity index (χ2v) is 4.75. The monoisotopic (exact) mass is 320 g/mol. The highest BCUT2D eigenvalue weighted by atomic mass is 35.5. The first kappa shape index (κ1) is 16.6. The fourth-order valence-corrected chi connectivity index (χ4v) is 1.75. The predicted octanol–water partition coefficient (Wildman–Crippen LogP) is 3.20. The molecule has 0 radical (unpaired) electrons. The van der Waals surface area contributed by atoms with Gasteiger partial charge in [-0.3, -0.25) is 0 Å². The van der Waals surface area contributed by atoms with E-state index in [4.69, 9.17) is 32.7 Å². The molecule has 0 aromatic heterocycles. The Kier molecular flexibility index (Phi) is 6.61. The molecule has 0 bridgehead atoms. The van der Waals surface area contributed by atoms with Gasteiger partial charge in [0.25, 0.3) is 0 Å². The topological polar surface area (TPSA) is 72.8 Å². The Bertz CT molecular complexity index is 479. The molecule has 0 spiro atoms. The highest BCUT2D eigenvalue weighted by Crippen LogP contribution is 2.32. The summed E-state index contributed by atoms with van der Waals surface area (Å²) in [4.78, 5) is 22.9. The van der Waals surface area contributed by atoms with Crippen LogP contribution in [-0.4, -0.2) is 30.3 Å². The number of phenolic OH excluding ortho intramolecular Hbond substituents is 1. The highest BCUT2D eigenvalue weighted by Gasteiger charge is 2.15. The van der Waals surface area contributed by atoms with E-state index in [1.807, 2.05) is 6.92 Å². The number of carbonyl (C=O) groups excluding carboxylic acids is 2. The van der Waals surface area contributed by atoms with E-state index in [9.17, 15) is 14.7 Å². The van der Waals surface area contributed by atoms with Crippen LogP contribution in [0.2, 0.25) is 10.0 Å². The third kappa shape index (κ3) is 4.90. The van der Waals surface area contributed by atoms with E-state index < -0.39 is 18.5 Å². The minimum absolute atomic E-state index is 0.0409. The zero-order valence-corrected chi connectivity index (χ0v) is 12.3. The van der Waals surface area contributed by atoms with Gasteiger partial charge in [-0.2, -0.15) is 0 Å². The van der Waals surface area contributed by atoms with Gasteiger partial charge in [0.05, 0.1) is 22.2 Å². The first-order valence-corrected chi connectivity index (χ1v) is 6.72. The molecular weight excluding hydrogens is 307 g/mol. The molecule has 1 rings (SSSR count). The smallest absolute Gasteiger partial charge is 0.344 e. The largest absolute Gasteiger partial charge is 0.505 e. The summed E-state index contributed by atoms with van der Waals surface area (Å²) < 4.78 is 9.59. The lowest BCUT2D eigenvalue weighted by atomic mass is 10.2. The van der Waals surface area contributed by atoms with Gasteiger partial charge < -0.3 is 14.6 Å². The Morgan fingerprint density at radius 2 is 1.80 bits per heavy atom. The lowest BCUT2D eigenvalue weighted by molar-refractivity contribution is -0.147. The Balaban J connectivity index is 2.53. The van der Waals surface area contributed by atoms with Crippen LogP contribution in [0, 0.1) is 0 Å². The maximum atomic E-state index is 11.7. The minimum Gasteiger partial charge on any atom is -0.505 e. The number of phenols is 1.